The first-order chi connectivity index (χ1) is 7.22. The fourth-order valence-corrected chi connectivity index (χ4v) is 2.59. The van der Waals surface area contributed by atoms with Gasteiger partial charge in [0.25, 0.3) is 0 Å². The van der Waals surface area contributed by atoms with Gasteiger partial charge in [-0.15, -0.1) is 0 Å². The molecule has 0 aliphatic carbocycles. The number of aryl methyl sites for hydroxylation is 2. The Labute approximate surface area is 92.9 Å². The van der Waals surface area contributed by atoms with E-state index in [1.54, 1.807) is 0 Å². The molecule has 0 saturated carbocycles. The Balaban J connectivity index is 2.25. The normalized spacial score (nSPS) is 25.8. The van der Waals surface area contributed by atoms with Gasteiger partial charge in [-0.2, -0.15) is 0 Å². The molecule has 1 N–H and O–H groups in total. The van der Waals surface area contributed by atoms with Crippen molar-refractivity contribution in [2.24, 2.45) is 0 Å². The topological polar surface area (TPSA) is 12.0 Å². The van der Waals surface area contributed by atoms with E-state index in [1.165, 1.54) is 36.1 Å². The molecular formula is C14H21N. The molecule has 15 heavy (non-hydrogen) atoms. The largest absolute Gasteiger partial charge is 0.313 e. The van der Waals surface area contributed by atoms with Gasteiger partial charge >= 0.3 is 0 Å². The van der Waals surface area contributed by atoms with Crippen molar-refractivity contribution in [3.05, 3.63) is 34.9 Å². The van der Waals surface area contributed by atoms with Gasteiger partial charge in [-0.3, -0.25) is 0 Å². The number of rotatable bonds is 2. The van der Waals surface area contributed by atoms with Crippen molar-refractivity contribution in [1.82, 2.24) is 5.32 Å². The molecule has 0 bridgehead atoms. The van der Waals surface area contributed by atoms with Crippen molar-refractivity contribution in [3.8, 4) is 0 Å². The second-order valence-electron chi connectivity index (χ2n) is 4.71. The minimum atomic E-state index is 0.687. The summed E-state index contributed by atoms with van der Waals surface area (Å²) in [5, 5.41) is 3.59. The van der Waals surface area contributed by atoms with Crippen molar-refractivity contribution in [3.63, 3.8) is 0 Å². The van der Waals surface area contributed by atoms with E-state index >= 15 is 0 Å². The Morgan fingerprint density at radius 3 is 2.73 bits per heavy atom. The SMILES string of the molecule is CCC1NCCC1c1ccc(C)c(C)c1. The molecule has 2 unspecified atom stereocenters. The second kappa shape index (κ2) is 4.36. The minimum absolute atomic E-state index is 0.687. The van der Waals surface area contributed by atoms with E-state index in [0.717, 1.165) is 5.92 Å². The third kappa shape index (κ3) is 2.07. The van der Waals surface area contributed by atoms with Gasteiger partial charge in [0.15, 0.2) is 0 Å². The van der Waals surface area contributed by atoms with Gasteiger partial charge in [0, 0.05) is 12.0 Å². The summed E-state index contributed by atoms with van der Waals surface area (Å²) in [6.07, 6.45) is 2.53. The third-order valence-corrected chi connectivity index (χ3v) is 3.75. The van der Waals surface area contributed by atoms with Crippen molar-refractivity contribution in [1.29, 1.82) is 0 Å². The van der Waals surface area contributed by atoms with Crippen LogP contribution in [0.3, 0.4) is 0 Å². The van der Waals surface area contributed by atoms with Gasteiger partial charge < -0.3 is 5.32 Å². The molecule has 1 saturated heterocycles. The highest BCUT2D eigenvalue weighted by Gasteiger charge is 2.26. The van der Waals surface area contributed by atoms with E-state index < -0.39 is 0 Å². The van der Waals surface area contributed by atoms with Gasteiger partial charge in [-0.05, 0) is 49.9 Å². The molecule has 0 spiro atoms. The zero-order valence-corrected chi connectivity index (χ0v) is 10.0. The van der Waals surface area contributed by atoms with Crippen LogP contribution < -0.4 is 5.32 Å². The summed E-state index contributed by atoms with van der Waals surface area (Å²) in [5.74, 6) is 0.731. The lowest BCUT2D eigenvalue weighted by Crippen LogP contribution is -2.24. The van der Waals surface area contributed by atoms with Crippen LogP contribution in [0.1, 0.15) is 42.4 Å². The molecule has 2 rings (SSSR count). The van der Waals surface area contributed by atoms with E-state index in [9.17, 15) is 0 Å². The molecule has 0 amide bonds. The van der Waals surface area contributed by atoms with Crippen molar-refractivity contribution < 1.29 is 0 Å². The maximum atomic E-state index is 3.59. The van der Waals surface area contributed by atoms with Gasteiger partial charge in [-0.1, -0.05) is 25.1 Å². The molecule has 1 aliphatic heterocycles. The molecule has 1 fully saturated rings. The van der Waals surface area contributed by atoms with E-state index in [-0.39, 0.29) is 0 Å². The predicted molar refractivity (Wildman–Crippen MR) is 65.4 cm³/mol. The molecule has 2 atom stereocenters. The molecule has 0 radical (unpaired) electrons. The first-order valence-corrected chi connectivity index (χ1v) is 6.03. The number of hydrogen-bond donors (Lipinski definition) is 1. The van der Waals surface area contributed by atoms with Crippen LogP contribution in [0.25, 0.3) is 0 Å². The minimum Gasteiger partial charge on any atom is -0.313 e. The summed E-state index contributed by atoms with van der Waals surface area (Å²) in [7, 11) is 0. The average molecular weight is 203 g/mol. The fraction of sp³-hybridized carbons (Fsp3) is 0.571. The fourth-order valence-electron chi connectivity index (χ4n) is 2.59. The van der Waals surface area contributed by atoms with E-state index in [0.29, 0.717) is 6.04 Å². The van der Waals surface area contributed by atoms with Crippen LogP contribution in [0.4, 0.5) is 0 Å². The molecule has 1 nitrogen and oxygen atoms in total. The molecule has 1 aromatic carbocycles. The lowest BCUT2D eigenvalue weighted by molar-refractivity contribution is 0.531. The standard InChI is InChI=1S/C14H21N/c1-4-14-13(7-8-15-14)12-6-5-10(2)11(3)9-12/h5-6,9,13-15H,4,7-8H2,1-3H3. The summed E-state index contributed by atoms with van der Waals surface area (Å²) in [6.45, 7) is 7.85. The maximum absolute atomic E-state index is 3.59. The maximum Gasteiger partial charge on any atom is 0.0134 e. The van der Waals surface area contributed by atoms with Gasteiger partial charge in [0.2, 0.25) is 0 Å². The third-order valence-electron chi connectivity index (χ3n) is 3.75. The monoisotopic (exact) mass is 203 g/mol. The highest BCUT2D eigenvalue weighted by molar-refractivity contribution is 5.33. The van der Waals surface area contributed by atoms with Crippen LogP contribution in [0, 0.1) is 13.8 Å². The van der Waals surface area contributed by atoms with Crippen molar-refractivity contribution >= 4 is 0 Å². The Bertz CT molecular complexity index is 343. The Hall–Kier alpha value is -0.820. The van der Waals surface area contributed by atoms with Crippen LogP contribution in [-0.2, 0) is 0 Å². The highest BCUT2D eigenvalue weighted by atomic mass is 14.9. The summed E-state index contributed by atoms with van der Waals surface area (Å²) in [4.78, 5) is 0. The van der Waals surface area contributed by atoms with Gasteiger partial charge in [0.1, 0.15) is 0 Å². The first kappa shape index (κ1) is 10.7. The van der Waals surface area contributed by atoms with Crippen LogP contribution in [0.5, 0.6) is 0 Å². The quantitative estimate of drug-likeness (QED) is 0.778. The molecular weight excluding hydrogens is 182 g/mol. The second-order valence-corrected chi connectivity index (χ2v) is 4.71. The number of hydrogen-bond acceptors (Lipinski definition) is 1. The Morgan fingerprint density at radius 2 is 2.07 bits per heavy atom. The molecule has 1 aromatic rings. The van der Waals surface area contributed by atoms with Crippen LogP contribution in [0.15, 0.2) is 18.2 Å². The lowest BCUT2D eigenvalue weighted by Gasteiger charge is -2.19. The Kier molecular flexibility index (Phi) is 3.11. The number of nitrogens with one attached hydrogen (secondary N) is 1. The highest BCUT2D eigenvalue weighted by Crippen LogP contribution is 2.30. The Morgan fingerprint density at radius 1 is 1.27 bits per heavy atom. The van der Waals surface area contributed by atoms with E-state index in [4.69, 9.17) is 0 Å². The zero-order valence-electron chi connectivity index (χ0n) is 10.0. The van der Waals surface area contributed by atoms with Crippen LogP contribution >= 0.6 is 0 Å². The molecule has 1 aliphatic rings. The van der Waals surface area contributed by atoms with Crippen LogP contribution in [0.2, 0.25) is 0 Å². The van der Waals surface area contributed by atoms with Gasteiger partial charge in [-0.25, -0.2) is 0 Å². The van der Waals surface area contributed by atoms with E-state index in [1.807, 2.05) is 0 Å². The number of benzene rings is 1. The summed E-state index contributed by atoms with van der Waals surface area (Å²) >= 11 is 0. The van der Waals surface area contributed by atoms with Gasteiger partial charge in [0.05, 0.1) is 0 Å². The molecule has 0 aromatic heterocycles. The van der Waals surface area contributed by atoms with Crippen molar-refractivity contribution in [2.75, 3.05) is 6.54 Å². The summed E-state index contributed by atoms with van der Waals surface area (Å²) in [6, 6.07) is 7.63. The first-order valence-electron chi connectivity index (χ1n) is 6.03. The molecule has 1 heteroatoms. The smallest absolute Gasteiger partial charge is 0.0134 e. The molecule has 82 valence electrons. The molecule has 1 heterocycles. The van der Waals surface area contributed by atoms with Crippen LogP contribution in [-0.4, -0.2) is 12.6 Å². The predicted octanol–water partition coefficient (Wildman–Crippen LogP) is 3.16. The summed E-state index contributed by atoms with van der Waals surface area (Å²) < 4.78 is 0. The zero-order chi connectivity index (χ0) is 10.8. The van der Waals surface area contributed by atoms with E-state index in [2.05, 4.69) is 44.3 Å². The summed E-state index contributed by atoms with van der Waals surface area (Å²) in [5.41, 5.74) is 4.35. The average Bonchev–Trinajstić information content (AvgIpc) is 2.70. The lowest BCUT2D eigenvalue weighted by atomic mass is 9.89. The van der Waals surface area contributed by atoms with Crippen molar-refractivity contribution in [2.45, 2.75) is 45.6 Å².